The molecule has 0 aliphatic carbocycles. The van der Waals surface area contributed by atoms with Crippen LogP contribution in [0.1, 0.15) is 24.8 Å². The molecule has 0 saturated carbocycles. The Balaban J connectivity index is 0.00000241. The van der Waals surface area contributed by atoms with E-state index < -0.39 is 0 Å². The zero-order valence-electron chi connectivity index (χ0n) is 18.3. The Hall–Kier alpha value is -4.02. The SMILES string of the molecule is Cl.N#Cc1c(-c2ccoc2)nc2n[nH]c(-c3ccco3)c2c1-c1ccc(N2CCCCC2)cc1. The lowest BCUT2D eigenvalue weighted by Gasteiger charge is -2.29. The Labute approximate surface area is 202 Å². The van der Waals surface area contributed by atoms with Crippen molar-refractivity contribution in [2.75, 3.05) is 18.0 Å². The maximum Gasteiger partial charge on any atom is 0.182 e. The van der Waals surface area contributed by atoms with E-state index in [1.54, 1.807) is 24.9 Å². The normalized spacial score (nSPS) is 13.6. The number of aromatic amines is 1. The first kappa shape index (κ1) is 21.8. The van der Waals surface area contributed by atoms with Gasteiger partial charge in [0.1, 0.15) is 11.8 Å². The van der Waals surface area contributed by atoms with Crippen molar-refractivity contribution in [3.63, 3.8) is 0 Å². The number of nitriles is 1. The lowest BCUT2D eigenvalue weighted by Crippen LogP contribution is -2.29. The molecule has 1 aliphatic rings. The van der Waals surface area contributed by atoms with E-state index >= 15 is 0 Å². The largest absolute Gasteiger partial charge is 0.472 e. The minimum absolute atomic E-state index is 0. The molecule has 1 N–H and O–H groups in total. The molecule has 5 aromatic rings. The average molecular weight is 472 g/mol. The molecule has 170 valence electrons. The summed E-state index contributed by atoms with van der Waals surface area (Å²) in [5.41, 5.74) is 5.90. The molecular formula is C26H22ClN5O2. The number of fused-ring (bicyclic) bond motifs is 1. The van der Waals surface area contributed by atoms with E-state index in [4.69, 9.17) is 13.8 Å². The summed E-state index contributed by atoms with van der Waals surface area (Å²) in [5.74, 6) is 0.644. The van der Waals surface area contributed by atoms with Crippen LogP contribution < -0.4 is 4.90 Å². The molecular weight excluding hydrogens is 450 g/mol. The van der Waals surface area contributed by atoms with E-state index in [9.17, 15) is 5.26 Å². The van der Waals surface area contributed by atoms with Crippen LogP contribution >= 0.6 is 12.4 Å². The number of hydrogen-bond donors (Lipinski definition) is 1. The summed E-state index contributed by atoms with van der Waals surface area (Å²) in [6.45, 7) is 2.16. The number of nitrogens with one attached hydrogen (secondary N) is 1. The number of halogens is 1. The van der Waals surface area contributed by atoms with Gasteiger partial charge in [0, 0.05) is 29.9 Å². The third kappa shape index (κ3) is 3.62. The second kappa shape index (κ2) is 9.08. The number of piperidine rings is 1. The van der Waals surface area contributed by atoms with Gasteiger partial charge < -0.3 is 13.7 Å². The molecule has 0 radical (unpaired) electrons. The number of aromatic nitrogens is 3. The first-order valence-corrected chi connectivity index (χ1v) is 11.1. The molecule has 1 saturated heterocycles. The van der Waals surface area contributed by atoms with Crippen LogP contribution in [0.3, 0.4) is 0 Å². The number of rotatable bonds is 4. The molecule has 0 amide bonds. The molecule has 0 spiro atoms. The van der Waals surface area contributed by atoms with E-state index in [0.717, 1.165) is 35.2 Å². The van der Waals surface area contributed by atoms with E-state index in [2.05, 4.69) is 45.4 Å². The highest BCUT2D eigenvalue weighted by Crippen LogP contribution is 2.41. The maximum atomic E-state index is 10.3. The Bertz CT molecular complexity index is 1440. The Morgan fingerprint density at radius 2 is 1.79 bits per heavy atom. The number of pyridine rings is 1. The first-order chi connectivity index (χ1) is 16.3. The summed E-state index contributed by atoms with van der Waals surface area (Å²) < 4.78 is 10.9. The van der Waals surface area contributed by atoms with E-state index in [1.165, 1.54) is 24.9 Å². The summed E-state index contributed by atoms with van der Waals surface area (Å²) >= 11 is 0. The number of hydrogen-bond acceptors (Lipinski definition) is 6. The molecule has 4 aromatic heterocycles. The summed E-state index contributed by atoms with van der Waals surface area (Å²) in [6.07, 6.45) is 8.53. The van der Waals surface area contributed by atoms with E-state index in [-0.39, 0.29) is 12.4 Å². The highest BCUT2D eigenvalue weighted by molar-refractivity contribution is 6.06. The zero-order chi connectivity index (χ0) is 22.2. The topological polar surface area (TPSA) is 94.9 Å². The van der Waals surface area contributed by atoms with E-state index in [1.807, 2.05) is 12.1 Å². The van der Waals surface area contributed by atoms with Crippen LogP contribution in [0.5, 0.6) is 0 Å². The summed E-state index contributed by atoms with van der Waals surface area (Å²) in [7, 11) is 0. The monoisotopic (exact) mass is 471 g/mol. The number of H-pyrrole nitrogens is 1. The molecule has 0 bridgehead atoms. The fourth-order valence-electron chi connectivity index (χ4n) is 4.65. The Morgan fingerprint density at radius 1 is 0.971 bits per heavy atom. The molecule has 1 aromatic carbocycles. The fourth-order valence-corrected chi connectivity index (χ4v) is 4.65. The van der Waals surface area contributed by atoms with Crippen LogP contribution in [0.15, 0.2) is 70.1 Å². The van der Waals surface area contributed by atoms with Crippen LogP contribution in [0.2, 0.25) is 0 Å². The maximum absolute atomic E-state index is 10.3. The zero-order valence-corrected chi connectivity index (χ0v) is 19.1. The molecule has 34 heavy (non-hydrogen) atoms. The van der Waals surface area contributed by atoms with Gasteiger partial charge in [-0.1, -0.05) is 12.1 Å². The number of benzene rings is 1. The Kier molecular flexibility index (Phi) is 5.83. The number of anilines is 1. The van der Waals surface area contributed by atoms with Crippen molar-refractivity contribution in [1.29, 1.82) is 5.26 Å². The smallest absolute Gasteiger partial charge is 0.182 e. The van der Waals surface area contributed by atoms with Crippen LogP contribution in [-0.2, 0) is 0 Å². The standard InChI is InChI=1S/C26H21N5O2.ClH/c27-15-20-22(17-6-8-19(9-7-17)31-11-2-1-3-12-31)23-25(21-5-4-13-33-21)29-30-26(23)28-24(20)18-10-14-32-16-18;/h4-10,13-14,16H,1-3,11-12H2,(H,28,29,30);1H. The highest BCUT2D eigenvalue weighted by atomic mass is 35.5. The van der Waals surface area contributed by atoms with Crippen molar-refractivity contribution >= 4 is 29.1 Å². The van der Waals surface area contributed by atoms with Crippen molar-refractivity contribution in [3.8, 4) is 39.9 Å². The van der Waals surface area contributed by atoms with Crippen molar-refractivity contribution in [2.45, 2.75) is 19.3 Å². The van der Waals surface area contributed by atoms with Gasteiger partial charge in [0.2, 0.25) is 0 Å². The molecule has 0 atom stereocenters. The van der Waals surface area contributed by atoms with Gasteiger partial charge in [0.25, 0.3) is 0 Å². The fraction of sp³-hybridized carbons (Fsp3) is 0.192. The van der Waals surface area contributed by atoms with Gasteiger partial charge in [0.15, 0.2) is 11.4 Å². The molecule has 1 aliphatic heterocycles. The third-order valence-corrected chi connectivity index (χ3v) is 6.25. The van der Waals surface area contributed by atoms with Gasteiger partial charge in [-0.2, -0.15) is 10.4 Å². The minimum Gasteiger partial charge on any atom is -0.472 e. The second-order valence-corrected chi connectivity index (χ2v) is 8.20. The predicted molar refractivity (Wildman–Crippen MR) is 133 cm³/mol. The van der Waals surface area contributed by atoms with Crippen LogP contribution in [-0.4, -0.2) is 28.3 Å². The quantitative estimate of drug-likeness (QED) is 0.324. The van der Waals surface area contributed by atoms with Crippen molar-refractivity contribution in [3.05, 3.63) is 66.8 Å². The van der Waals surface area contributed by atoms with Gasteiger partial charge in [-0.05, 0) is 55.2 Å². The summed E-state index contributed by atoms with van der Waals surface area (Å²) in [4.78, 5) is 7.14. The van der Waals surface area contributed by atoms with Crippen LogP contribution in [0.4, 0.5) is 5.69 Å². The molecule has 5 heterocycles. The first-order valence-electron chi connectivity index (χ1n) is 11.1. The van der Waals surface area contributed by atoms with Gasteiger partial charge in [-0.3, -0.25) is 5.10 Å². The molecule has 8 heteroatoms. The van der Waals surface area contributed by atoms with Gasteiger partial charge in [-0.25, -0.2) is 4.98 Å². The van der Waals surface area contributed by atoms with Crippen molar-refractivity contribution < 1.29 is 8.83 Å². The Morgan fingerprint density at radius 3 is 2.47 bits per heavy atom. The predicted octanol–water partition coefficient (Wildman–Crippen LogP) is 6.43. The van der Waals surface area contributed by atoms with Gasteiger partial charge in [0.05, 0.1) is 35.4 Å². The van der Waals surface area contributed by atoms with Gasteiger partial charge in [-0.15, -0.1) is 12.4 Å². The summed E-state index contributed by atoms with van der Waals surface area (Å²) in [6, 6.07) is 16.3. The third-order valence-electron chi connectivity index (χ3n) is 6.25. The van der Waals surface area contributed by atoms with Crippen molar-refractivity contribution in [2.24, 2.45) is 0 Å². The lowest BCUT2D eigenvalue weighted by atomic mass is 9.93. The molecule has 0 unspecified atom stereocenters. The van der Waals surface area contributed by atoms with E-state index in [0.29, 0.717) is 28.4 Å². The molecule has 6 rings (SSSR count). The highest BCUT2D eigenvalue weighted by Gasteiger charge is 2.24. The number of nitrogens with zero attached hydrogens (tertiary/aromatic N) is 4. The minimum atomic E-state index is 0. The number of furan rings is 2. The lowest BCUT2D eigenvalue weighted by molar-refractivity contribution is 0.568. The van der Waals surface area contributed by atoms with Crippen LogP contribution in [0.25, 0.3) is 44.9 Å². The van der Waals surface area contributed by atoms with Crippen LogP contribution in [0, 0.1) is 11.3 Å². The molecule has 7 nitrogen and oxygen atoms in total. The second-order valence-electron chi connectivity index (χ2n) is 8.20. The van der Waals surface area contributed by atoms with Crippen molar-refractivity contribution in [1.82, 2.24) is 15.2 Å². The average Bonchev–Trinajstić information content (AvgIpc) is 3.65. The molecule has 1 fully saturated rings. The van der Waals surface area contributed by atoms with Gasteiger partial charge >= 0.3 is 0 Å². The summed E-state index contributed by atoms with van der Waals surface area (Å²) in [5, 5.41) is 18.5.